The lowest BCUT2D eigenvalue weighted by Crippen LogP contribution is -2.50. The highest BCUT2D eigenvalue weighted by molar-refractivity contribution is 5.98. The fourth-order valence-electron chi connectivity index (χ4n) is 1.91. The maximum Gasteiger partial charge on any atom is 0.230 e. The average Bonchev–Trinajstić information content (AvgIpc) is 1.99. The van der Waals surface area contributed by atoms with Crippen LogP contribution in [0.4, 0.5) is 0 Å². The van der Waals surface area contributed by atoms with E-state index in [4.69, 9.17) is 5.26 Å². The highest BCUT2D eigenvalue weighted by atomic mass is 16.2. The van der Waals surface area contributed by atoms with Crippen LogP contribution < -0.4 is 0 Å². The lowest BCUT2D eigenvalue weighted by Gasteiger charge is -2.37. The fraction of sp³-hybridized carbons (Fsp3) is 0.727. The Hall–Kier alpha value is -1.37. The number of rotatable bonds is 2. The predicted molar refractivity (Wildman–Crippen MR) is 54.6 cm³/mol. The van der Waals surface area contributed by atoms with Crippen LogP contribution in [0.1, 0.15) is 40.0 Å². The van der Waals surface area contributed by atoms with Gasteiger partial charge in [0.15, 0.2) is 0 Å². The van der Waals surface area contributed by atoms with Gasteiger partial charge in [-0.2, -0.15) is 5.26 Å². The molecule has 0 N–H and O–H groups in total. The maximum atomic E-state index is 11.7. The van der Waals surface area contributed by atoms with Crippen molar-refractivity contribution in [3.05, 3.63) is 0 Å². The van der Waals surface area contributed by atoms with E-state index in [9.17, 15) is 9.59 Å². The van der Waals surface area contributed by atoms with Gasteiger partial charge in [-0.05, 0) is 12.3 Å². The second-order valence-electron chi connectivity index (χ2n) is 4.89. The Balaban J connectivity index is 2.80. The zero-order valence-corrected chi connectivity index (χ0v) is 9.41. The summed E-state index contributed by atoms with van der Waals surface area (Å²) < 4.78 is 0. The summed E-state index contributed by atoms with van der Waals surface area (Å²) in [6.45, 7) is 5.56. The molecular formula is C11H16N2O2. The molecule has 1 heterocycles. The topological polar surface area (TPSA) is 61.2 Å². The van der Waals surface area contributed by atoms with Gasteiger partial charge in [-0.25, -0.2) is 0 Å². The minimum atomic E-state index is -0.300. The molecule has 1 aliphatic rings. The molecule has 0 aromatic heterocycles. The summed E-state index contributed by atoms with van der Waals surface area (Å²) >= 11 is 0. The van der Waals surface area contributed by atoms with Crippen molar-refractivity contribution in [3.8, 4) is 6.07 Å². The summed E-state index contributed by atoms with van der Waals surface area (Å²) in [5.74, 6) is -0.307. The lowest BCUT2D eigenvalue weighted by molar-refractivity contribution is -0.154. The van der Waals surface area contributed by atoms with Gasteiger partial charge in [-0.1, -0.05) is 13.8 Å². The molecule has 2 amide bonds. The Bertz CT molecular complexity index is 308. The summed E-state index contributed by atoms with van der Waals surface area (Å²) in [4.78, 5) is 24.7. The number of carbonyl (C=O) groups excluding carboxylic acids is 2. The molecule has 0 spiro atoms. The molecule has 0 aromatic carbocycles. The molecular weight excluding hydrogens is 192 g/mol. The third-order valence-corrected chi connectivity index (χ3v) is 2.62. The molecule has 0 saturated carbocycles. The molecule has 1 fully saturated rings. The smallest absolute Gasteiger partial charge is 0.230 e. The first-order valence-corrected chi connectivity index (χ1v) is 5.09. The van der Waals surface area contributed by atoms with E-state index in [0.29, 0.717) is 12.8 Å². The Labute approximate surface area is 89.9 Å². The molecule has 0 aliphatic carbocycles. The van der Waals surface area contributed by atoms with E-state index in [1.807, 2.05) is 19.9 Å². The van der Waals surface area contributed by atoms with E-state index < -0.39 is 0 Å². The predicted octanol–water partition coefficient (Wildman–Crippen LogP) is 1.46. The molecule has 0 aromatic rings. The molecule has 1 saturated heterocycles. The van der Waals surface area contributed by atoms with Gasteiger partial charge >= 0.3 is 0 Å². The number of imide groups is 1. The van der Waals surface area contributed by atoms with E-state index >= 15 is 0 Å². The van der Waals surface area contributed by atoms with Crippen molar-refractivity contribution in [3.63, 3.8) is 0 Å². The number of likely N-dealkylation sites (tertiary alicyclic amines) is 1. The lowest BCUT2D eigenvalue weighted by atomic mass is 9.81. The fourth-order valence-corrected chi connectivity index (χ4v) is 1.91. The Kier molecular flexibility index (Phi) is 3.13. The summed E-state index contributed by atoms with van der Waals surface area (Å²) in [7, 11) is 0. The molecule has 0 bridgehead atoms. The highest BCUT2D eigenvalue weighted by Gasteiger charge is 2.39. The average molecular weight is 208 g/mol. The zero-order chi connectivity index (χ0) is 11.6. The first-order chi connectivity index (χ1) is 6.87. The number of carbonyl (C=O) groups is 2. The number of piperidine rings is 1. The Morgan fingerprint density at radius 2 is 1.87 bits per heavy atom. The van der Waals surface area contributed by atoms with Crippen LogP contribution in [0.15, 0.2) is 0 Å². The number of hydrogen-bond donors (Lipinski definition) is 0. The molecule has 1 atom stereocenters. The molecule has 1 aliphatic heterocycles. The van der Waals surface area contributed by atoms with Crippen molar-refractivity contribution in [2.24, 2.45) is 5.41 Å². The Morgan fingerprint density at radius 3 is 2.27 bits per heavy atom. The molecule has 0 radical (unpaired) electrons. The van der Waals surface area contributed by atoms with E-state index in [1.54, 1.807) is 6.92 Å². The molecule has 15 heavy (non-hydrogen) atoms. The summed E-state index contributed by atoms with van der Waals surface area (Å²) in [5, 5.41) is 8.54. The van der Waals surface area contributed by atoms with Crippen LogP contribution in [0.5, 0.6) is 0 Å². The van der Waals surface area contributed by atoms with Gasteiger partial charge in [0.1, 0.15) is 0 Å². The normalized spacial score (nSPS) is 22.4. The first-order valence-electron chi connectivity index (χ1n) is 5.09. The minimum absolute atomic E-state index is 0.154. The standard InChI is InChI=1S/C11H16N2O2/c1-8(4-5-12)13-9(14)6-11(2,3)7-10(13)15/h8H,4,6-7H2,1-3H3. The SMILES string of the molecule is CC(CC#N)N1C(=O)CC(C)(C)CC1=O. The largest absolute Gasteiger partial charge is 0.279 e. The van der Waals surface area contributed by atoms with Crippen molar-refractivity contribution < 1.29 is 9.59 Å². The van der Waals surface area contributed by atoms with Crippen LogP contribution in [-0.4, -0.2) is 22.8 Å². The number of nitrogens with zero attached hydrogens (tertiary/aromatic N) is 2. The zero-order valence-electron chi connectivity index (χ0n) is 9.41. The minimum Gasteiger partial charge on any atom is -0.279 e. The third kappa shape index (κ3) is 2.56. The van der Waals surface area contributed by atoms with Crippen molar-refractivity contribution in [2.45, 2.75) is 46.1 Å². The number of amides is 2. The summed E-state index contributed by atoms with van der Waals surface area (Å²) in [6, 6.07) is 1.68. The second-order valence-corrected chi connectivity index (χ2v) is 4.89. The monoisotopic (exact) mass is 208 g/mol. The van der Waals surface area contributed by atoms with Crippen LogP contribution >= 0.6 is 0 Å². The molecule has 1 rings (SSSR count). The Morgan fingerprint density at radius 1 is 1.40 bits per heavy atom. The summed E-state index contributed by atoms with van der Waals surface area (Å²) in [6.07, 6.45) is 0.973. The van der Waals surface area contributed by atoms with E-state index in [2.05, 4.69) is 0 Å². The first kappa shape index (κ1) is 11.7. The van der Waals surface area contributed by atoms with Crippen LogP contribution in [0.3, 0.4) is 0 Å². The quantitative estimate of drug-likeness (QED) is 0.645. The third-order valence-electron chi connectivity index (χ3n) is 2.62. The maximum absolute atomic E-state index is 11.7. The van der Waals surface area contributed by atoms with Gasteiger partial charge in [0.05, 0.1) is 12.5 Å². The van der Waals surface area contributed by atoms with E-state index in [0.717, 1.165) is 0 Å². The summed E-state index contributed by atoms with van der Waals surface area (Å²) in [5.41, 5.74) is -0.239. The van der Waals surface area contributed by atoms with Gasteiger partial charge in [-0.15, -0.1) is 0 Å². The van der Waals surface area contributed by atoms with Crippen LogP contribution in [0, 0.1) is 16.7 Å². The molecule has 82 valence electrons. The van der Waals surface area contributed by atoms with E-state index in [1.165, 1.54) is 4.90 Å². The van der Waals surface area contributed by atoms with Gasteiger partial charge < -0.3 is 0 Å². The van der Waals surface area contributed by atoms with Crippen molar-refractivity contribution in [1.29, 1.82) is 5.26 Å². The van der Waals surface area contributed by atoms with Gasteiger partial charge in [0.2, 0.25) is 11.8 Å². The number of nitriles is 1. The van der Waals surface area contributed by atoms with Crippen LogP contribution in [-0.2, 0) is 9.59 Å². The second kappa shape index (κ2) is 4.01. The van der Waals surface area contributed by atoms with E-state index in [-0.39, 0.29) is 29.7 Å². The van der Waals surface area contributed by atoms with Crippen LogP contribution in [0.2, 0.25) is 0 Å². The number of hydrogen-bond acceptors (Lipinski definition) is 3. The van der Waals surface area contributed by atoms with Crippen molar-refractivity contribution in [1.82, 2.24) is 4.90 Å². The molecule has 4 heteroatoms. The van der Waals surface area contributed by atoms with Gasteiger partial charge in [0.25, 0.3) is 0 Å². The highest BCUT2D eigenvalue weighted by Crippen LogP contribution is 2.32. The molecule has 1 unspecified atom stereocenters. The molecule has 4 nitrogen and oxygen atoms in total. The van der Waals surface area contributed by atoms with Crippen molar-refractivity contribution >= 4 is 11.8 Å². The van der Waals surface area contributed by atoms with Crippen molar-refractivity contribution in [2.75, 3.05) is 0 Å². The van der Waals surface area contributed by atoms with Crippen LogP contribution in [0.25, 0.3) is 0 Å². The van der Waals surface area contributed by atoms with Gasteiger partial charge in [0, 0.05) is 18.9 Å². The van der Waals surface area contributed by atoms with Gasteiger partial charge in [-0.3, -0.25) is 14.5 Å².